The Morgan fingerprint density at radius 1 is 1.00 bits per heavy atom. The van der Waals surface area contributed by atoms with Gasteiger partial charge in [-0.05, 0) is 86.2 Å². The first-order chi connectivity index (χ1) is 10.4. The monoisotopic (exact) mass is 310 g/mol. The number of hydrogen-bond acceptors (Lipinski definition) is 3. The second-order valence-electron chi connectivity index (χ2n) is 8.30. The van der Waals surface area contributed by atoms with Crippen molar-refractivity contribution in [1.29, 1.82) is 0 Å². The lowest BCUT2D eigenvalue weighted by molar-refractivity contribution is -0.0861. The summed E-state index contributed by atoms with van der Waals surface area (Å²) in [6, 6.07) is 2.13. The van der Waals surface area contributed by atoms with Gasteiger partial charge in [-0.15, -0.1) is 0 Å². The molecule has 130 valence electrons. The predicted molar refractivity (Wildman–Crippen MR) is 94.3 cm³/mol. The highest BCUT2D eigenvalue weighted by molar-refractivity contribution is 4.91. The second kappa shape index (κ2) is 8.12. The molecule has 0 spiro atoms. The fraction of sp³-hybridized carbons (Fsp3) is 1.00. The molecule has 0 amide bonds. The molecule has 1 aliphatic heterocycles. The van der Waals surface area contributed by atoms with Gasteiger partial charge in [-0.25, -0.2) is 0 Å². The van der Waals surface area contributed by atoms with Crippen LogP contribution < -0.4 is 0 Å². The Kier molecular flexibility index (Phi) is 6.73. The van der Waals surface area contributed by atoms with Gasteiger partial charge in [0.25, 0.3) is 0 Å². The normalized spacial score (nSPS) is 28.1. The molecule has 1 heterocycles. The van der Waals surface area contributed by atoms with Crippen LogP contribution in [0.3, 0.4) is 0 Å². The molecule has 0 aromatic rings. The van der Waals surface area contributed by atoms with E-state index >= 15 is 0 Å². The lowest BCUT2D eigenvalue weighted by Gasteiger charge is -2.47. The quantitative estimate of drug-likeness (QED) is 0.712. The van der Waals surface area contributed by atoms with Gasteiger partial charge in [0.15, 0.2) is 0 Å². The van der Waals surface area contributed by atoms with Gasteiger partial charge in [-0.2, -0.15) is 0 Å². The molecule has 22 heavy (non-hydrogen) atoms. The van der Waals surface area contributed by atoms with Crippen LogP contribution in [0, 0.1) is 5.92 Å². The van der Waals surface area contributed by atoms with E-state index in [1.807, 2.05) is 0 Å². The van der Waals surface area contributed by atoms with Crippen LogP contribution in [0.1, 0.15) is 67.2 Å². The van der Waals surface area contributed by atoms with Crippen molar-refractivity contribution in [3.8, 4) is 0 Å². The summed E-state index contributed by atoms with van der Waals surface area (Å²) in [5.41, 5.74) is 0. The molecule has 0 unspecified atom stereocenters. The number of nitrogens with zero attached hydrogens (tertiary/aromatic N) is 2. The molecular weight excluding hydrogens is 272 g/mol. The van der Waals surface area contributed by atoms with Crippen LogP contribution in [0.5, 0.6) is 0 Å². The minimum atomic E-state index is 0.374. The summed E-state index contributed by atoms with van der Waals surface area (Å²) in [6.07, 6.45) is 6.11. The van der Waals surface area contributed by atoms with E-state index in [2.05, 4.69) is 51.3 Å². The molecule has 3 nitrogen and oxygen atoms in total. The van der Waals surface area contributed by atoms with Crippen molar-refractivity contribution < 1.29 is 4.74 Å². The molecule has 0 radical (unpaired) electrons. The zero-order chi connectivity index (χ0) is 16.3. The zero-order valence-electron chi connectivity index (χ0n) is 15.7. The Morgan fingerprint density at radius 2 is 1.59 bits per heavy atom. The van der Waals surface area contributed by atoms with Crippen LogP contribution in [0.15, 0.2) is 0 Å². The molecule has 0 bridgehead atoms. The fourth-order valence-corrected chi connectivity index (χ4v) is 4.04. The number of likely N-dealkylation sites (tertiary alicyclic amines) is 1. The first kappa shape index (κ1) is 18.2. The molecule has 1 aliphatic carbocycles. The molecule has 0 aromatic heterocycles. The Hall–Kier alpha value is -0.120. The molecule has 2 rings (SSSR count). The van der Waals surface area contributed by atoms with Gasteiger partial charge in [0.1, 0.15) is 0 Å². The Balaban J connectivity index is 1.76. The van der Waals surface area contributed by atoms with Crippen molar-refractivity contribution >= 4 is 0 Å². The van der Waals surface area contributed by atoms with Crippen molar-refractivity contribution in [2.75, 3.05) is 19.6 Å². The summed E-state index contributed by atoms with van der Waals surface area (Å²) < 4.78 is 5.94. The molecule has 1 saturated carbocycles. The standard InChI is InChI=1S/C19H38N2O/c1-14(2)20-9-7-17(8-10-20)13-21(15(3)4)18-11-19(12-18)22-16(5)6/h14-19H,7-13H2,1-6H3/t18-,19+. The smallest absolute Gasteiger partial charge is 0.0608 e. The maximum atomic E-state index is 5.94. The van der Waals surface area contributed by atoms with E-state index in [1.54, 1.807) is 0 Å². The highest BCUT2D eigenvalue weighted by Crippen LogP contribution is 2.32. The van der Waals surface area contributed by atoms with E-state index in [0.717, 1.165) is 12.0 Å². The van der Waals surface area contributed by atoms with Gasteiger partial charge in [0.05, 0.1) is 12.2 Å². The van der Waals surface area contributed by atoms with Crippen molar-refractivity contribution in [2.24, 2.45) is 5.92 Å². The summed E-state index contributed by atoms with van der Waals surface area (Å²) in [6.45, 7) is 17.5. The third-order valence-corrected chi connectivity index (χ3v) is 5.52. The first-order valence-electron chi connectivity index (χ1n) is 9.52. The molecule has 0 atom stereocenters. The van der Waals surface area contributed by atoms with Gasteiger partial charge in [-0.3, -0.25) is 4.90 Å². The lowest BCUT2D eigenvalue weighted by Crippen LogP contribution is -2.53. The van der Waals surface area contributed by atoms with Gasteiger partial charge in [-0.1, -0.05) is 0 Å². The summed E-state index contributed by atoms with van der Waals surface area (Å²) >= 11 is 0. The molecular formula is C19H38N2O. The first-order valence-corrected chi connectivity index (χ1v) is 9.52. The van der Waals surface area contributed by atoms with E-state index in [4.69, 9.17) is 4.74 Å². The van der Waals surface area contributed by atoms with E-state index in [9.17, 15) is 0 Å². The zero-order valence-corrected chi connectivity index (χ0v) is 15.7. The predicted octanol–water partition coefficient (Wildman–Crippen LogP) is 3.77. The van der Waals surface area contributed by atoms with E-state index in [-0.39, 0.29) is 0 Å². The van der Waals surface area contributed by atoms with Crippen molar-refractivity contribution in [1.82, 2.24) is 9.80 Å². The fourth-order valence-electron chi connectivity index (χ4n) is 4.04. The number of rotatable bonds is 7. The molecule has 2 fully saturated rings. The molecule has 3 heteroatoms. The van der Waals surface area contributed by atoms with Crippen LogP contribution >= 0.6 is 0 Å². The number of hydrogen-bond donors (Lipinski definition) is 0. The van der Waals surface area contributed by atoms with E-state index in [0.29, 0.717) is 24.3 Å². The Labute approximate surface area is 138 Å². The molecule has 0 N–H and O–H groups in total. The maximum Gasteiger partial charge on any atom is 0.0608 e. The average Bonchev–Trinajstić information content (AvgIpc) is 2.40. The summed E-state index contributed by atoms with van der Waals surface area (Å²) in [5, 5.41) is 0. The van der Waals surface area contributed by atoms with Crippen LogP contribution in [0.2, 0.25) is 0 Å². The Bertz CT molecular complexity index is 315. The summed E-state index contributed by atoms with van der Waals surface area (Å²) in [7, 11) is 0. The largest absolute Gasteiger partial charge is 0.375 e. The van der Waals surface area contributed by atoms with Gasteiger partial charge < -0.3 is 9.64 Å². The third-order valence-electron chi connectivity index (χ3n) is 5.52. The van der Waals surface area contributed by atoms with Crippen LogP contribution in [-0.2, 0) is 4.74 Å². The number of ether oxygens (including phenoxy) is 1. The van der Waals surface area contributed by atoms with Crippen molar-refractivity contribution in [3.05, 3.63) is 0 Å². The second-order valence-corrected chi connectivity index (χ2v) is 8.30. The maximum absolute atomic E-state index is 5.94. The minimum absolute atomic E-state index is 0.374. The average molecular weight is 311 g/mol. The minimum Gasteiger partial charge on any atom is -0.375 e. The van der Waals surface area contributed by atoms with Gasteiger partial charge >= 0.3 is 0 Å². The summed E-state index contributed by atoms with van der Waals surface area (Å²) in [4.78, 5) is 5.39. The van der Waals surface area contributed by atoms with E-state index in [1.165, 1.54) is 45.3 Å². The molecule has 2 aliphatic rings. The van der Waals surface area contributed by atoms with Crippen LogP contribution in [-0.4, -0.2) is 59.8 Å². The van der Waals surface area contributed by atoms with Gasteiger partial charge in [0, 0.05) is 24.7 Å². The highest BCUT2D eigenvalue weighted by atomic mass is 16.5. The van der Waals surface area contributed by atoms with Crippen molar-refractivity contribution in [3.63, 3.8) is 0 Å². The van der Waals surface area contributed by atoms with Crippen molar-refractivity contribution in [2.45, 2.75) is 97.6 Å². The lowest BCUT2D eigenvalue weighted by atomic mass is 9.85. The van der Waals surface area contributed by atoms with Crippen LogP contribution in [0.25, 0.3) is 0 Å². The third kappa shape index (κ3) is 4.94. The SMILES string of the molecule is CC(C)O[C@H]1C[C@@H](N(CC2CCN(C(C)C)CC2)C(C)C)C1. The summed E-state index contributed by atoms with van der Waals surface area (Å²) in [5.74, 6) is 0.891. The highest BCUT2D eigenvalue weighted by Gasteiger charge is 2.37. The van der Waals surface area contributed by atoms with Gasteiger partial charge in [0.2, 0.25) is 0 Å². The van der Waals surface area contributed by atoms with E-state index < -0.39 is 0 Å². The topological polar surface area (TPSA) is 15.7 Å². The number of piperidine rings is 1. The molecule has 0 aromatic carbocycles. The van der Waals surface area contributed by atoms with Crippen LogP contribution in [0.4, 0.5) is 0 Å². The Morgan fingerprint density at radius 3 is 2.05 bits per heavy atom. The molecule has 1 saturated heterocycles.